The molecule has 0 atom stereocenters. The van der Waals surface area contributed by atoms with Gasteiger partial charge in [-0.05, 0) is 0 Å². The summed E-state index contributed by atoms with van der Waals surface area (Å²) >= 11 is 7.00. The van der Waals surface area contributed by atoms with E-state index < -0.39 is 0 Å². The third-order valence-corrected chi connectivity index (χ3v) is 3.27. The van der Waals surface area contributed by atoms with Gasteiger partial charge < -0.3 is 4.74 Å². The molecule has 0 aromatic carbocycles. The first-order valence-corrected chi connectivity index (χ1v) is 5.70. The van der Waals surface area contributed by atoms with E-state index in [2.05, 4.69) is 10.4 Å². The van der Waals surface area contributed by atoms with Crippen LogP contribution >= 0.6 is 22.9 Å². The molecule has 0 bridgehead atoms. The molecule has 15 heavy (non-hydrogen) atoms. The van der Waals surface area contributed by atoms with Gasteiger partial charge in [0.15, 0.2) is 16.6 Å². The number of ether oxygens (including phenoxy) is 1. The smallest absolute Gasteiger partial charge is 0.199 e. The van der Waals surface area contributed by atoms with Crippen LogP contribution in [0.4, 0.5) is 5.13 Å². The van der Waals surface area contributed by atoms with Gasteiger partial charge in [-0.2, -0.15) is 0 Å². The molecule has 0 spiro atoms. The summed E-state index contributed by atoms with van der Waals surface area (Å²) in [6.45, 7) is 3.00. The van der Waals surface area contributed by atoms with Crippen molar-refractivity contribution >= 4 is 34.4 Å². The summed E-state index contributed by atoms with van der Waals surface area (Å²) in [6, 6.07) is 0. The van der Waals surface area contributed by atoms with Crippen molar-refractivity contribution in [1.29, 1.82) is 0 Å². The second kappa shape index (κ2) is 4.89. The van der Waals surface area contributed by atoms with Gasteiger partial charge >= 0.3 is 0 Å². The summed E-state index contributed by atoms with van der Waals surface area (Å²) in [7, 11) is 0. The first-order chi connectivity index (χ1) is 7.29. The van der Waals surface area contributed by atoms with Gasteiger partial charge in [0.25, 0.3) is 0 Å². The minimum atomic E-state index is 0.255. The molecule has 5 nitrogen and oxygen atoms in total. The fraction of sp³-hybridized carbons (Fsp3) is 0.500. The number of nitrogens with zero attached hydrogens (tertiary/aromatic N) is 2. The number of hydrazine groups is 1. The van der Waals surface area contributed by atoms with E-state index in [1.807, 2.05) is 5.01 Å². The van der Waals surface area contributed by atoms with Gasteiger partial charge in [0.05, 0.1) is 13.2 Å². The number of rotatable bonds is 3. The predicted octanol–water partition coefficient (Wildman–Crippen LogP) is 1.27. The van der Waals surface area contributed by atoms with Crippen LogP contribution < -0.4 is 5.43 Å². The zero-order chi connectivity index (χ0) is 10.7. The largest absolute Gasteiger partial charge is 0.379 e. The molecular formula is C8H10ClN3O2S. The molecule has 1 N–H and O–H groups in total. The highest BCUT2D eigenvalue weighted by Crippen LogP contribution is 2.25. The van der Waals surface area contributed by atoms with Crippen molar-refractivity contribution in [3.63, 3.8) is 0 Å². The zero-order valence-electron chi connectivity index (χ0n) is 7.90. The van der Waals surface area contributed by atoms with Crippen molar-refractivity contribution in [2.24, 2.45) is 0 Å². The normalized spacial score (nSPS) is 17.7. The number of thiazole rings is 1. The highest BCUT2D eigenvalue weighted by molar-refractivity contribution is 7.17. The highest BCUT2D eigenvalue weighted by atomic mass is 35.5. The van der Waals surface area contributed by atoms with E-state index >= 15 is 0 Å². The number of anilines is 1. The third kappa shape index (κ3) is 2.66. The summed E-state index contributed by atoms with van der Waals surface area (Å²) in [6.07, 6.45) is 0.713. The van der Waals surface area contributed by atoms with Crippen LogP contribution in [0.2, 0.25) is 5.15 Å². The maximum Gasteiger partial charge on any atom is 0.199 e. The minimum absolute atomic E-state index is 0.255. The summed E-state index contributed by atoms with van der Waals surface area (Å²) in [5.41, 5.74) is 3.09. The molecule has 0 unspecified atom stereocenters. The van der Waals surface area contributed by atoms with Crippen LogP contribution in [0.3, 0.4) is 0 Å². The van der Waals surface area contributed by atoms with Crippen LogP contribution in [0.15, 0.2) is 0 Å². The van der Waals surface area contributed by atoms with Crippen LogP contribution in [0.1, 0.15) is 9.67 Å². The minimum Gasteiger partial charge on any atom is -0.379 e. The highest BCUT2D eigenvalue weighted by Gasteiger charge is 2.13. The number of halogens is 1. The number of nitrogens with one attached hydrogen (secondary N) is 1. The van der Waals surface area contributed by atoms with Crippen molar-refractivity contribution in [2.75, 3.05) is 31.7 Å². The Morgan fingerprint density at radius 2 is 2.27 bits per heavy atom. The van der Waals surface area contributed by atoms with E-state index in [0.29, 0.717) is 29.5 Å². The van der Waals surface area contributed by atoms with Crippen LogP contribution in [-0.2, 0) is 4.74 Å². The lowest BCUT2D eigenvalue weighted by Crippen LogP contribution is -2.40. The summed E-state index contributed by atoms with van der Waals surface area (Å²) in [5.74, 6) is 0. The number of aromatic nitrogens is 1. The van der Waals surface area contributed by atoms with E-state index in [4.69, 9.17) is 16.3 Å². The lowest BCUT2D eigenvalue weighted by Gasteiger charge is -2.26. The Balaban J connectivity index is 2.00. The second-order valence-electron chi connectivity index (χ2n) is 3.00. The van der Waals surface area contributed by atoms with Gasteiger partial charge in [0.2, 0.25) is 0 Å². The van der Waals surface area contributed by atoms with Gasteiger partial charge in [0, 0.05) is 13.1 Å². The zero-order valence-corrected chi connectivity index (χ0v) is 9.48. The maximum atomic E-state index is 10.6. The lowest BCUT2D eigenvalue weighted by molar-refractivity contribution is 0.0497. The fourth-order valence-corrected chi connectivity index (χ4v) is 2.24. The van der Waals surface area contributed by atoms with Crippen LogP contribution in [0, 0.1) is 0 Å². The molecule has 1 aromatic rings. The van der Waals surface area contributed by atoms with Crippen LogP contribution in [0.25, 0.3) is 0 Å². The Labute approximate surface area is 96.0 Å². The molecule has 1 aliphatic heterocycles. The molecule has 0 saturated carbocycles. The monoisotopic (exact) mass is 247 g/mol. The van der Waals surface area contributed by atoms with Gasteiger partial charge in [-0.3, -0.25) is 10.2 Å². The molecule has 0 radical (unpaired) electrons. The van der Waals surface area contributed by atoms with Crippen molar-refractivity contribution in [2.45, 2.75) is 0 Å². The molecule has 2 rings (SSSR count). The molecule has 7 heteroatoms. The average molecular weight is 248 g/mol. The van der Waals surface area contributed by atoms with Crippen molar-refractivity contribution in [1.82, 2.24) is 9.99 Å². The van der Waals surface area contributed by atoms with E-state index in [0.717, 1.165) is 13.1 Å². The molecule has 1 fully saturated rings. The molecule has 0 amide bonds. The molecule has 1 saturated heterocycles. The van der Waals surface area contributed by atoms with Crippen molar-refractivity contribution < 1.29 is 9.53 Å². The van der Waals surface area contributed by atoms with Gasteiger partial charge in [-0.1, -0.05) is 22.9 Å². The van der Waals surface area contributed by atoms with E-state index in [1.165, 1.54) is 11.3 Å². The molecule has 1 aromatic heterocycles. The van der Waals surface area contributed by atoms with Gasteiger partial charge in [-0.15, -0.1) is 0 Å². The number of carbonyl (C=O) groups excluding carboxylic acids is 1. The Kier molecular flexibility index (Phi) is 3.53. The fourth-order valence-electron chi connectivity index (χ4n) is 1.24. The van der Waals surface area contributed by atoms with Crippen molar-refractivity contribution in [3.05, 3.63) is 10.0 Å². The number of carbonyl (C=O) groups is 1. The standard InChI is InChI=1S/C8H10ClN3O2S/c9-7-6(5-13)15-8(10-7)11-12-1-3-14-4-2-12/h5H,1-4H2,(H,10,11). The van der Waals surface area contributed by atoms with E-state index in [-0.39, 0.29) is 5.15 Å². The van der Waals surface area contributed by atoms with E-state index in [9.17, 15) is 4.79 Å². The van der Waals surface area contributed by atoms with Gasteiger partial charge in [-0.25, -0.2) is 9.99 Å². The topological polar surface area (TPSA) is 54.5 Å². The quantitative estimate of drug-likeness (QED) is 0.816. The molecule has 1 aliphatic rings. The summed E-state index contributed by atoms with van der Waals surface area (Å²) < 4.78 is 5.21. The third-order valence-electron chi connectivity index (χ3n) is 1.98. The number of morpholine rings is 1. The Bertz CT molecular complexity index is 352. The lowest BCUT2D eigenvalue weighted by atomic mass is 10.5. The maximum absolute atomic E-state index is 10.6. The van der Waals surface area contributed by atoms with Gasteiger partial charge in [0.1, 0.15) is 4.88 Å². The van der Waals surface area contributed by atoms with Crippen molar-refractivity contribution in [3.8, 4) is 0 Å². The van der Waals surface area contributed by atoms with E-state index in [1.54, 1.807) is 0 Å². The second-order valence-corrected chi connectivity index (χ2v) is 4.39. The number of hydrogen-bond acceptors (Lipinski definition) is 6. The first-order valence-electron chi connectivity index (χ1n) is 4.50. The Morgan fingerprint density at radius 3 is 2.87 bits per heavy atom. The molecule has 2 heterocycles. The number of aldehydes is 1. The number of hydrogen-bond donors (Lipinski definition) is 1. The molecular weight excluding hydrogens is 238 g/mol. The summed E-state index contributed by atoms with van der Waals surface area (Å²) in [4.78, 5) is 15.0. The van der Waals surface area contributed by atoms with Crippen LogP contribution in [-0.4, -0.2) is 42.6 Å². The SMILES string of the molecule is O=Cc1sc(NN2CCOCC2)nc1Cl. The Hall–Kier alpha value is -0.690. The Morgan fingerprint density at radius 1 is 1.53 bits per heavy atom. The average Bonchev–Trinajstić information content (AvgIpc) is 2.60. The molecule has 82 valence electrons. The predicted molar refractivity (Wildman–Crippen MR) is 58.5 cm³/mol. The summed E-state index contributed by atoms with van der Waals surface area (Å²) in [5, 5.41) is 2.89. The van der Waals surface area contributed by atoms with Crippen LogP contribution in [0.5, 0.6) is 0 Å². The molecule has 0 aliphatic carbocycles. The first kappa shape index (κ1) is 10.8.